The largest absolute Gasteiger partial charge is 0.491 e. The minimum Gasteiger partial charge on any atom is -0.491 e. The van der Waals surface area contributed by atoms with E-state index in [0.29, 0.717) is 0 Å². The molecule has 1 aliphatic heterocycles. The molecule has 1 heterocycles. The molecule has 0 aromatic heterocycles. The summed E-state index contributed by atoms with van der Waals surface area (Å²) in [5, 5.41) is 0. The lowest BCUT2D eigenvalue weighted by molar-refractivity contribution is 0.318. The monoisotopic (exact) mass is 281 g/mol. The Balaban J connectivity index is 1.95. The van der Waals surface area contributed by atoms with Gasteiger partial charge in [0.25, 0.3) is 0 Å². The molecule has 110 valence electrons. The van der Waals surface area contributed by atoms with Crippen LogP contribution in [-0.2, 0) is 0 Å². The summed E-state index contributed by atoms with van der Waals surface area (Å²) in [5.74, 6) is 1.03. The van der Waals surface area contributed by atoms with Gasteiger partial charge in [0.2, 0.25) is 0 Å². The van der Waals surface area contributed by atoms with Crippen LogP contribution in [0, 0.1) is 0 Å². The lowest BCUT2D eigenvalue weighted by Gasteiger charge is -2.22. The second kappa shape index (κ2) is 6.66. The van der Waals surface area contributed by atoms with Gasteiger partial charge in [-0.15, -0.1) is 0 Å². The van der Waals surface area contributed by atoms with Crippen LogP contribution in [0.15, 0.2) is 48.5 Å². The van der Waals surface area contributed by atoms with Gasteiger partial charge in [-0.1, -0.05) is 43.3 Å². The van der Waals surface area contributed by atoms with Crippen molar-refractivity contribution in [2.75, 3.05) is 24.6 Å². The van der Waals surface area contributed by atoms with Gasteiger partial charge >= 0.3 is 0 Å². The van der Waals surface area contributed by atoms with Gasteiger partial charge in [0, 0.05) is 13.1 Å². The summed E-state index contributed by atoms with van der Waals surface area (Å²) in [7, 11) is 0. The molecular formula is C19H23NO. The smallest absolute Gasteiger partial charge is 0.142 e. The molecule has 1 saturated heterocycles. The molecule has 1 aliphatic rings. The Morgan fingerprint density at radius 3 is 2.43 bits per heavy atom. The molecule has 2 nitrogen and oxygen atoms in total. The highest BCUT2D eigenvalue weighted by Gasteiger charge is 2.17. The molecule has 0 atom stereocenters. The molecule has 2 aromatic carbocycles. The molecule has 1 fully saturated rings. The maximum Gasteiger partial charge on any atom is 0.142 e. The highest BCUT2D eigenvalue weighted by atomic mass is 16.5. The number of nitrogens with zero attached hydrogens (tertiary/aromatic N) is 1. The van der Waals surface area contributed by atoms with E-state index in [1.54, 1.807) is 0 Å². The quantitative estimate of drug-likeness (QED) is 0.784. The molecule has 0 unspecified atom stereocenters. The van der Waals surface area contributed by atoms with E-state index in [1.165, 1.54) is 29.7 Å². The molecule has 0 aliphatic carbocycles. The summed E-state index contributed by atoms with van der Waals surface area (Å²) >= 11 is 0. The number of ether oxygens (including phenoxy) is 1. The van der Waals surface area contributed by atoms with Crippen LogP contribution in [0.25, 0.3) is 11.1 Å². The molecular weight excluding hydrogens is 258 g/mol. The summed E-state index contributed by atoms with van der Waals surface area (Å²) in [5.41, 5.74) is 3.78. The Kier molecular flexibility index (Phi) is 4.44. The first kappa shape index (κ1) is 14.0. The van der Waals surface area contributed by atoms with Crippen LogP contribution in [-0.4, -0.2) is 19.7 Å². The van der Waals surface area contributed by atoms with Crippen molar-refractivity contribution in [3.63, 3.8) is 0 Å². The molecule has 0 radical (unpaired) electrons. The van der Waals surface area contributed by atoms with Gasteiger partial charge in [-0.2, -0.15) is 0 Å². The molecule has 21 heavy (non-hydrogen) atoms. The zero-order chi connectivity index (χ0) is 14.5. The standard InChI is InChI=1S/C19H23NO/c1-2-14-21-19-11-10-17(16-8-4-3-5-9-16)15-18(19)20-12-6-7-13-20/h3-5,8-11,15H,2,6-7,12-14H2,1H3. The van der Waals surface area contributed by atoms with Crippen LogP contribution < -0.4 is 9.64 Å². The van der Waals surface area contributed by atoms with Gasteiger partial charge in [-0.05, 0) is 42.5 Å². The van der Waals surface area contributed by atoms with Crippen molar-refractivity contribution < 1.29 is 4.74 Å². The van der Waals surface area contributed by atoms with E-state index in [0.717, 1.165) is 31.9 Å². The van der Waals surface area contributed by atoms with Crippen LogP contribution in [0.5, 0.6) is 5.75 Å². The predicted octanol–water partition coefficient (Wildman–Crippen LogP) is 4.74. The first-order valence-corrected chi connectivity index (χ1v) is 7.95. The van der Waals surface area contributed by atoms with Gasteiger partial charge in [0.1, 0.15) is 5.75 Å². The summed E-state index contributed by atoms with van der Waals surface area (Å²) in [6.45, 7) is 5.21. The maximum absolute atomic E-state index is 5.95. The molecule has 0 amide bonds. The fourth-order valence-electron chi connectivity index (χ4n) is 2.87. The third-order valence-corrected chi connectivity index (χ3v) is 3.97. The highest BCUT2D eigenvalue weighted by molar-refractivity contribution is 5.72. The van der Waals surface area contributed by atoms with Crippen LogP contribution >= 0.6 is 0 Å². The summed E-state index contributed by atoms with van der Waals surface area (Å²) < 4.78 is 5.95. The fraction of sp³-hybridized carbons (Fsp3) is 0.368. The zero-order valence-electron chi connectivity index (χ0n) is 12.7. The van der Waals surface area contributed by atoms with Gasteiger partial charge in [-0.25, -0.2) is 0 Å². The van der Waals surface area contributed by atoms with Crippen molar-refractivity contribution in [1.82, 2.24) is 0 Å². The Morgan fingerprint density at radius 1 is 0.952 bits per heavy atom. The lowest BCUT2D eigenvalue weighted by Crippen LogP contribution is -2.18. The van der Waals surface area contributed by atoms with Crippen LogP contribution in [0.4, 0.5) is 5.69 Å². The van der Waals surface area contributed by atoms with Crippen LogP contribution in [0.2, 0.25) is 0 Å². The Hall–Kier alpha value is -1.96. The Bertz CT molecular complexity index is 573. The third kappa shape index (κ3) is 3.21. The number of hydrogen-bond acceptors (Lipinski definition) is 2. The molecule has 0 N–H and O–H groups in total. The average molecular weight is 281 g/mol. The molecule has 0 saturated carbocycles. The topological polar surface area (TPSA) is 12.5 Å². The summed E-state index contributed by atoms with van der Waals surface area (Å²) in [6, 6.07) is 17.1. The number of rotatable bonds is 5. The first-order chi connectivity index (χ1) is 10.4. The normalized spacial score (nSPS) is 14.4. The van der Waals surface area contributed by atoms with Crippen LogP contribution in [0.1, 0.15) is 26.2 Å². The minimum atomic E-state index is 0.783. The van der Waals surface area contributed by atoms with Gasteiger partial charge < -0.3 is 9.64 Å². The fourth-order valence-corrected chi connectivity index (χ4v) is 2.87. The van der Waals surface area contributed by atoms with E-state index < -0.39 is 0 Å². The van der Waals surface area contributed by atoms with E-state index in [4.69, 9.17) is 4.74 Å². The summed E-state index contributed by atoms with van der Waals surface area (Å²) in [4.78, 5) is 2.46. The van der Waals surface area contributed by atoms with Gasteiger partial charge in [-0.3, -0.25) is 0 Å². The number of benzene rings is 2. The van der Waals surface area contributed by atoms with E-state index in [9.17, 15) is 0 Å². The van der Waals surface area contributed by atoms with Crippen molar-refractivity contribution in [3.8, 4) is 16.9 Å². The third-order valence-electron chi connectivity index (χ3n) is 3.97. The van der Waals surface area contributed by atoms with Crippen molar-refractivity contribution in [2.45, 2.75) is 26.2 Å². The zero-order valence-corrected chi connectivity index (χ0v) is 12.7. The van der Waals surface area contributed by atoms with Crippen LogP contribution in [0.3, 0.4) is 0 Å². The van der Waals surface area contributed by atoms with Crippen molar-refractivity contribution in [1.29, 1.82) is 0 Å². The van der Waals surface area contributed by atoms with E-state index in [2.05, 4.69) is 60.4 Å². The van der Waals surface area contributed by atoms with E-state index in [1.807, 2.05) is 0 Å². The lowest BCUT2D eigenvalue weighted by atomic mass is 10.0. The maximum atomic E-state index is 5.95. The molecule has 0 spiro atoms. The Labute approximate surface area is 127 Å². The average Bonchev–Trinajstić information content (AvgIpc) is 3.08. The number of hydrogen-bond donors (Lipinski definition) is 0. The van der Waals surface area contributed by atoms with Crippen molar-refractivity contribution in [2.24, 2.45) is 0 Å². The van der Waals surface area contributed by atoms with Gasteiger partial charge in [0.15, 0.2) is 0 Å². The first-order valence-electron chi connectivity index (χ1n) is 7.95. The van der Waals surface area contributed by atoms with E-state index >= 15 is 0 Å². The second-order valence-electron chi connectivity index (χ2n) is 5.59. The van der Waals surface area contributed by atoms with Crippen molar-refractivity contribution in [3.05, 3.63) is 48.5 Å². The SMILES string of the molecule is CCCOc1ccc(-c2ccccc2)cc1N1CCCC1. The molecule has 2 aromatic rings. The van der Waals surface area contributed by atoms with Crippen molar-refractivity contribution >= 4 is 5.69 Å². The predicted molar refractivity (Wildman–Crippen MR) is 89.1 cm³/mol. The molecule has 2 heteroatoms. The molecule has 0 bridgehead atoms. The minimum absolute atomic E-state index is 0.783. The van der Waals surface area contributed by atoms with Gasteiger partial charge in [0.05, 0.1) is 12.3 Å². The highest BCUT2D eigenvalue weighted by Crippen LogP contribution is 2.35. The number of anilines is 1. The molecule has 3 rings (SSSR count). The summed E-state index contributed by atoms with van der Waals surface area (Å²) in [6.07, 6.45) is 3.60. The van der Waals surface area contributed by atoms with E-state index in [-0.39, 0.29) is 0 Å². The Morgan fingerprint density at radius 2 is 1.71 bits per heavy atom. The second-order valence-corrected chi connectivity index (χ2v) is 5.59.